The van der Waals surface area contributed by atoms with Gasteiger partial charge in [-0.2, -0.15) is 0 Å². The second-order valence-corrected chi connectivity index (χ2v) is 7.12. The van der Waals surface area contributed by atoms with Crippen LogP contribution in [0.15, 0.2) is 53.0 Å². The van der Waals surface area contributed by atoms with E-state index < -0.39 is 0 Å². The molecule has 2 aromatic rings. The highest BCUT2D eigenvalue weighted by Gasteiger charge is 2.45. The van der Waals surface area contributed by atoms with E-state index in [1.807, 2.05) is 48.2 Å². The van der Waals surface area contributed by atoms with Crippen LogP contribution in [0.4, 0.5) is 0 Å². The van der Waals surface area contributed by atoms with Gasteiger partial charge >= 0.3 is 0 Å². The van der Waals surface area contributed by atoms with Crippen LogP contribution in [0.25, 0.3) is 0 Å². The number of halogens is 1. The summed E-state index contributed by atoms with van der Waals surface area (Å²) in [5, 5.41) is 0. The molecule has 2 unspecified atom stereocenters. The van der Waals surface area contributed by atoms with Crippen LogP contribution < -0.4 is 4.74 Å². The van der Waals surface area contributed by atoms with Crippen molar-refractivity contribution in [3.05, 3.63) is 64.1 Å². The van der Waals surface area contributed by atoms with Crippen molar-refractivity contribution in [2.45, 2.75) is 25.8 Å². The fraction of sp³-hybridized carbons (Fsp3) is 0.350. The minimum atomic E-state index is 0.129. The number of nitrogens with zero attached hydrogens (tertiary/aromatic N) is 1. The van der Waals surface area contributed by atoms with Crippen LogP contribution >= 0.6 is 15.9 Å². The number of methoxy groups -OCH3 is 1. The molecule has 1 aliphatic carbocycles. The van der Waals surface area contributed by atoms with E-state index >= 15 is 0 Å². The van der Waals surface area contributed by atoms with Gasteiger partial charge in [-0.15, -0.1) is 0 Å². The lowest BCUT2D eigenvalue weighted by molar-refractivity contribution is -0.133. The van der Waals surface area contributed by atoms with Crippen molar-refractivity contribution in [2.24, 2.45) is 5.92 Å². The number of hydrogen-bond acceptors (Lipinski definition) is 2. The molecule has 1 fully saturated rings. The SMILES string of the molecule is CCN(Cc1ccc(OC)cc1)C(=O)C1CC1c1ccc(Br)cc1. The Labute approximate surface area is 151 Å². The molecule has 0 aliphatic heterocycles. The molecular formula is C20H22BrNO2. The summed E-state index contributed by atoms with van der Waals surface area (Å²) in [5.41, 5.74) is 2.39. The molecular weight excluding hydrogens is 366 g/mol. The quantitative estimate of drug-likeness (QED) is 0.723. The second kappa shape index (κ2) is 7.39. The summed E-state index contributed by atoms with van der Waals surface area (Å²) in [6.07, 6.45) is 0.958. The van der Waals surface area contributed by atoms with Gasteiger partial charge in [-0.1, -0.05) is 40.2 Å². The van der Waals surface area contributed by atoms with E-state index in [0.29, 0.717) is 12.5 Å². The summed E-state index contributed by atoms with van der Waals surface area (Å²) in [4.78, 5) is 14.8. The Hall–Kier alpha value is -1.81. The monoisotopic (exact) mass is 387 g/mol. The van der Waals surface area contributed by atoms with E-state index in [1.165, 1.54) is 5.56 Å². The molecule has 126 valence electrons. The molecule has 2 atom stereocenters. The van der Waals surface area contributed by atoms with Crippen LogP contribution in [-0.4, -0.2) is 24.5 Å². The lowest BCUT2D eigenvalue weighted by Crippen LogP contribution is -2.31. The average Bonchev–Trinajstić information content (AvgIpc) is 3.41. The van der Waals surface area contributed by atoms with Gasteiger partial charge in [0.2, 0.25) is 5.91 Å². The smallest absolute Gasteiger partial charge is 0.226 e. The van der Waals surface area contributed by atoms with Crippen LogP contribution in [0, 0.1) is 5.92 Å². The molecule has 2 aromatic carbocycles. The van der Waals surface area contributed by atoms with E-state index in [1.54, 1.807) is 7.11 Å². The molecule has 3 rings (SSSR count). The fourth-order valence-electron chi connectivity index (χ4n) is 3.08. The summed E-state index contributed by atoms with van der Waals surface area (Å²) < 4.78 is 6.26. The number of carbonyl (C=O) groups excluding carboxylic acids is 1. The molecule has 0 N–H and O–H groups in total. The summed E-state index contributed by atoms with van der Waals surface area (Å²) in [5.74, 6) is 1.60. The molecule has 3 nitrogen and oxygen atoms in total. The van der Waals surface area contributed by atoms with Gasteiger partial charge in [-0.05, 0) is 54.7 Å². The summed E-state index contributed by atoms with van der Waals surface area (Å²) in [6.45, 7) is 3.43. The Morgan fingerprint density at radius 3 is 2.42 bits per heavy atom. The molecule has 0 heterocycles. The Kier molecular flexibility index (Phi) is 5.24. The third kappa shape index (κ3) is 3.81. The van der Waals surface area contributed by atoms with Gasteiger partial charge in [0.25, 0.3) is 0 Å². The Balaban J connectivity index is 1.63. The maximum atomic E-state index is 12.8. The van der Waals surface area contributed by atoms with Gasteiger partial charge in [0.1, 0.15) is 5.75 Å². The molecule has 1 aliphatic rings. The van der Waals surface area contributed by atoms with Gasteiger partial charge in [0, 0.05) is 23.5 Å². The topological polar surface area (TPSA) is 29.5 Å². The predicted octanol–water partition coefficient (Wildman–Crippen LogP) is 4.61. The first-order valence-corrected chi connectivity index (χ1v) is 9.09. The molecule has 24 heavy (non-hydrogen) atoms. The molecule has 0 aromatic heterocycles. The van der Waals surface area contributed by atoms with Gasteiger partial charge in [0.15, 0.2) is 0 Å². The number of hydrogen-bond donors (Lipinski definition) is 0. The van der Waals surface area contributed by atoms with Crippen molar-refractivity contribution in [1.82, 2.24) is 4.90 Å². The standard InChI is InChI=1S/C20H22BrNO2/c1-3-22(13-14-4-10-17(24-2)11-5-14)20(23)19-12-18(19)15-6-8-16(21)9-7-15/h4-11,18-19H,3,12-13H2,1-2H3. The maximum Gasteiger partial charge on any atom is 0.226 e. The zero-order valence-electron chi connectivity index (χ0n) is 14.0. The number of amides is 1. The van der Waals surface area contributed by atoms with Crippen LogP contribution in [0.5, 0.6) is 5.75 Å². The number of carbonyl (C=O) groups is 1. The molecule has 0 bridgehead atoms. The first-order chi connectivity index (χ1) is 11.6. The Morgan fingerprint density at radius 1 is 1.17 bits per heavy atom. The van der Waals surface area contributed by atoms with Gasteiger partial charge < -0.3 is 9.64 Å². The largest absolute Gasteiger partial charge is 0.497 e. The molecule has 0 radical (unpaired) electrons. The van der Waals surface area contributed by atoms with Crippen LogP contribution in [0.1, 0.15) is 30.4 Å². The second-order valence-electron chi connectivity index (χ2n) is 6.20. The zero-order valence-corrected chi connectivity index (χ0v) is 15.6. The Morgan fingerprint density at radius 2 is 1.83 bits per heavy atom. The van der Waals surface area contributed by atoms with Crippen molar-refractivity contribution in [1.29, 1.82) is 0 Å². The third-order valence-corrected chi connectivity index (χ3v) is 5.16. The molecule has 1 amide bonds. The van der Waals surface area contributed by atoms with Crippen LogP contribution in [0.3, 0.4) is 0 Å². The highest BCUT2D eigenvalue weighted by Crippen LogP contribution is 2.48. The first-order valence-electron chi connectivity index (χ1n) is 8.29. The fourth-order valence-corrected chi connectivity index (χ4v) is 3.34. The van der Waals surface area contributed by atoms with Crippen molar-refractivity contribution in [3.8, 4) is 5.75 Å². The number of rotatable bonds is 6. The number of ether oxygens (including phenoxy) is 1. The van der Waals surface area contributed by atoms with Gasteiger partial charge in [-0.25, -0.2) is 0 Å². The van der Waals surface area contributed by atoms with Crippen molar-refractivity contribution < 1.29 is 9.53 Å². The summed E-state index contributed by atoms with van der Waals surface area (Å²) in [7, 11) is 1.66. The van der Waals surface area contributed by atoms with Crippen molar-refractivity contribution >= 4 is 21.8 Å². The highest BCUT2D eigenvalue weighted by atomic mass is 79.9. The third-order valence-electron chi connectivity index (χ3n) is 4.63. The lowest BCUT2D eigenvalue weighted by atomic mass is 10.1. The minimum Gasteiger partial charge on any atom is -0.497 e. The van der Waals surface area contributed by atoms with Crippen LogP contribution in [0.2, 0.25) is 0 Å². The van der Waals surface area contributed by atoms with E-state index in [2.05, 4.69) is 28.1 Å². The van der Waals surface area contributed by atoms with Crippen molar-refractivity contribution in [3.63, 3.8) is 0 Å². The maximum absolute atomic E-state index is 12.8. The first kappa shape index (κ1) is 17.0. The van der Waals surface area contributed by atoms with Crippen molar-refractivity contribution in [2.75, 3.05) is 13.7 Å². The van der Waals surface area contributed by atoms with Gasteiger partial charge in [0.05, 0.1) is 7.11 Å². The summed E-state index contributed by atoms with van der Waals surface area (Å²) >= 11 is 3.46. The molecule has 0 saturated heterocycles. The zero-order chi connectivity index (χ0) is 17.1. The van der Waals surface area contributed by atoms with Gasteiger partial charge in [-0.3, -0.25) is 4.79 Å². The average molecular weight is 388 g/mol. The van der Waals surface area contributed by atoms with E-state index in [0.717, 1.165) is 28.8 Å². The number of benzene rings is 2. The highest BCUT2D eigenvalue weighted by molar-refractivity contribution is 9.10. The normalized spacial score (nSPS) is 19.0. The molecule has 0 spiro atoms. The van der Waals surface area contributed by atoms with E-state index in [9.17, 15) is 4.79 Å². The Bertz CT molecular complexity index is 697. The van der Waals surface area contributed by atoms with E-state index in [4.69, 9.17) is 4.74 Å². The van der Waals surface area contributed by atoms with E-state index in [-0.39, 0.29) is 11.8 Å². The predicted molar refractivity (Wildman–Crippen MR) is 99.1 cm³/mol. The lowest BCUT2D eigenvalue weighted by Gasteiger charge is -2.21. The minimum absolute atomic E-state index is 0.129. The molecule has 1 saturated carbocycles. The summed E-state index contributed by atoms with van der Waals surface area (Å²) in [6, 6.07) is 16.2. The van der Waals surface area contributed by atoms with Crippen LogP contribution in [-0.2, 0) is 11.3 Å². The molecule has 4 heteroatoms.